The summed E-state index contributed by atoms with van der Waals surface area (Å²) in [5.41, 5.74) is 2.37. The van der Waals surface area contributed by atoms with Crippen LogP contribution >= 0.6 is 0 Å². The molecule has 6 nitrogen and oxygen atoms in total. The third-order valence-corrected chi connectivity index (χ3v) is 4.94. The molecule has 1 heterocycles. The summed E-state index contributed by atoms with van der Waals surface area (Å²) in [7, 11) is 1.61. The first-order valence-electron chi connectivity index (χ1n) is 10.1. The molecule has 0 aliphatic carbocycles. The molecule has 2 N–H and O–H groups in total. The molecule has 1 unspecified atom stereocenters. The number of rotatable bonds is 8. The van der Waals surface area contributed by atoms with E-state index >= 15 is 0 Å². The minimum atomic E-state index is -0.402. The number of carbonyl (C=O) groups is 2. The molecule has 0 aliphatic heterocycles. The van der Waals surface area contributed by atoms with Crippen molar-refractivity contribution in [2.75, 3.05) is 7.11 Å². The van der Waals surface area contributed by atoms with Gasteiger partial charge in [0.25, 0.3) is 11.8 Å². The lowest BCUT2D eigenvalue weighted by Crippen LogP contribution is -2.37. The first-order chi connectivity index (χ1) is 15.0. The molecular formula is C25H26N2O4. The van der Waals surface area contributed by atoms with Crippen molar-refractivity contribution in [3.8, 4) is 5.75 Å². The monoisotopic (exact) mass is 418 g/mol. The Morgan fingerprint density at radius 3 is 2.42 bits per heavy atom. The quantitative estimate of drug-likeness (QED) is 0.523. The highest BCUT2D eigenvalue weighted by Gasteiger charge is 2.20. The predicted molar refractivity (Wildman–Crippen MR) is 119 cm³/mol. The molecule has 160 valence electrons. The Hall–Kier alpha value is -3.80. The minimum absolute atomic E-state index is 0.107. The first-order valence-corrected chi connectivity index (χ1v) is 10.1. The molecular weight excluding hydrogens is 392 g/mol. The van der Waals surface area contributed by atoms with Gasteiger partial charge in [-0.2, -0.15) is 0 Å². The smallest absolute Gasteiger partial charge is 0.268 e. The summed E-state index contributed by atoms with van der Waals surface area (Å²) in [5.74, 6) is 0.450. The fourth-order valence-corrected chi connectivity index (χ4v) is 3.18. The van der Waals surface area contributed by atoms with Crippen molar-refractivity contribution in [2.24, 2.45) is 0 Å². The number of hydrogen-bond acceptors (Lipinski definition) is 4. The lowest BCUT2D eigenvalue weighted by Gasteiger charge is -2.19. The van der Waals surface area contributed by atoms with Crippen LogP contribution in [0, 0.1) is 6.92 Å². The fourth-order valence-electron chi connectivity index (χ4n) is 3.18. The van der Waals surface area contributed by atoms with E-state index in [2.05, 4.69) is 10.6 Å². The van der Waals surface area contributed by atoms with E-state index in [0.29, 0.717) is 17.7 Å². The van der Waals surface area contributed by atoms with Crippen molar-refractivity contribution < 1.29 is 18.7 Å². The third kappa shape index (κ3) is 5.63. The maximum absolute atomic E-state index is 13.1. The average Bonchev–Trinajstić information content (AvgIpc) is 3.30. The molecule has 0 saturated carbocycles. The summed E-state index contributed by atoms with van der Waals surface area (Å²) >= 11 is 0. The van der Waals surface area contributed by atoms with Gasteiger partial charge in [-0.05, 0) is 54.8 Å². The van der Waals surface area contributed by atoms with E-state index in [1.54, 1.807) is 31.4 Å². The molecule has 31 heavy (non-hydrogen) atoms. The highest BCUT2D eigenvalue weighted by molar-refractivity contribution is 6.05. The van der Waals surface area contributed by atoms with Gasteiger partial charge in [0.2, 0.25) is 0 Å². The standard InChI is InChI=1S/C25H26N2O4/c1-4-22(18-11-13-19(30-3)14-12-18)26-25(29)23(16-20-9-7-15-31-20)27-24(28)21-10-6-5-8-17(21)2/h5-16,22H,4H2,1-3H3,(H,26,29)(H,27,28)/b23-16-. The number of benzene rings is 2. The molecule has 2 amide bonds. The number of aryl methyl sites for hydroxylation is 1. The van der Waals surface area contributed by atoms with Gasteiger partial charge in [-0.15, -0.1) is 0 Å². The van der Waals surface area contributed by atoms with Crippen LogP contribution in [0.3, 0.4) is 0 Å². The van der Waals surface area contributed by atoms with Crippen LogP contribution in [0.25, 0.3) is 6.08 Å². The Labute approximate surface area is 181 Å². The molecule has 1 aromatic heterocycles. The summed E-state index contributed by atoms with van der Waals surface area (Å²) in [4.78, 5) is 26.0. The molecule has 2 aromatic carbocycles. The van der Waals surface area contributed by atoms with E-state index < -0.39 is 5.91 Å². The SMILES string of the molecule is CCC(NC(=O)/C(=C/c1ccco1)NC(=O)c1ccccc1C)c1ccc(OC)cc1. The van der Waals surface area contributed by atoms with Crippen LogP contribution in [0.4, 0.5) is 0 Å². The summed E-state index contributed by atoms with van der Waals surface area (Å²) < 4.78 is 10.5. The van der Waals surface area contributed by atoms with Crippen molar-refractivity contribution >= 4 is 17.9 Å². The Balaban J connectivity index is 1.83. The Morgan fingerprint density at radius 2 is 1.81 bits per heavy atom. The zero-order chi connectivity index (χ0) is 22.2. The van der Waals surface area contributed by atoms with Crippen molar-refractivity contribution in [1.29, 1.82) is 0 Å². The first kappa shape index (κ1) is 21.9. The largest absolute Gasteiger partial charge is 0.497 e. The summed E-state index contributed by atoms with van der Waals surface area (Å²) in [6.07, 6.45) is 3.71. The molecule has 6 heteroatoms. The second-order valence-corrected chi connectivity index (χ2v) is 7.05. The Morgan fingerprint density at radius 1 is 1.06 bits per heavy atom. The number of furan rings is 1. The zero-order valence-corrected chi connectivity index (χ0v) is 17.8. The lowest BCUT2D eigenvalue weighted by atomic mass is 10.0. The summed E-state index contributed by atoms with van der Waals surface area (Å²) in [5, 5.41) is 5.74. The molecule has 0 spiro atoms. The predicted octanol–water partition coefficient (Wildman–Crippen LogP) is 4.64. The van der Waals surface area contributed by atoms with Gasteiger partial charge in [-0.3, -0.25) is 9.59 Å². The van der Waals surface area contributed by atoms with Crippen molar-refractivity contribution in [3.05, 3.63) is 95.1 Å². The normalized spacial score (nSPS) is 12.2. The van der Waals surface area contributed by atoms with E-state index in [-0.39, 0.29) is 17.6 Å². The van der Waals surface area contributed by atoms with E-state index in [0.717, 1.165) is 16.9 Å². The van der Waals surface area contributed by atoms with Crippen LogP contribution in [0.15, 0.2) is 77.0 Å². The molecule has 0 saturated heterocycles. The van der Waals surface area contributed by atoms with Gasteiger partial charge in [0.15, 0.2) is 0 Å². The number of carbonyl (C=O) groups excluding carboxylic acids is 2. The second-order valence-electron chi connectivity index (χ2n) is 7.05. The maximum atomic E-state index is 13.1. The number of ether oxygens (including phenoxy) is 1. The number of amides is 2. The van der Waals surface area contributed by atoms with Crippen LogP contribution in [0.5, 0.6) is 5.75 Å². The van der Waals surface area contributed by atoms with Crippen molar-refractivity contribution in [3.63, 3.8) is 0 Å². The van der Waals surface area contributed by atoms with E-state index in [1.165, 1.54) is 12.3 Å². The Bertz CT molecular complexity index is 1050. The van der Waals surface area contributed by atoms with E-state index in [9.17, 15) is 9.59 Å². The van der Waals surface area contributed by atoms with Gasteiger partial charge in [0, 0.05) is 11.6 Å². The molecule has 0 radical (unpaired) electrons. The summed E-state index contributed by atoms with van der Waals surface area (Å²) in [6, 6.07) is 17.9. The average molecular weight is 418 g/mol. The van der Waals surface area contributed by atoms with Crippen LogP contribution < -0.4 is 15.4 Å². The van der Waals surface area contributed by atoms with Crippen LogP contribution in [-0.2, 0) is 4.79 Å². The Kier molecular flexibility index (Phi) is 7.27. The number of hydrogen-bond donors (Lipinski definition) is 2. The molecule has 1 atom stereocenters. The van der Waals surface area contributed by atoms with Gasteiger partial charge in [0.05, 0.1) is 19.4 Å². The van der Waals surface area contributed by atoms with Gasteiger partial charge < -0.3 is 19.8 Å². The van der Waals surface area contributed by atoms with Gasteiger partial charge in [0.1, 0.15) is 17.2 Å². The minimum Gasteiger partial charge on any atom is -0.497 e. The van der Waals surface area contributed by atoms with Crippen molar-refractivity contribution in [1.82, 2.24) is 10.6 Å². The topological polar surface area (TPSA) is 80.6 Å². The lowest BCUT2D eigenvalue weighted by molar-refractivity contribution is -0.118. The van der Waals surface area contributed by atoms with E-state index in [1.807, 2.05) is 50.2 Å². The highest BCUT2D eigenvalue weighted by Crippen LogP contribution is 2.21. The number of methoxy groups -OCH3 is 1. The molecule has 0 fully saturated rings. The summed E-state index contributed by atoms with van der Waals surface area (Å²) in [6.45, 7) is 3.83. The van der Waals surface area contributed by atoms with E-state index in [4.69, 9.17) is 9.15 Å². The zero-order valence-electron chi connectivity index (χ0n) is 17.8. The van der Waals surface area contributed by atoms with Gasteiger partial charge in [-0.25, -0.2) is 0 Å². The van der Waals surface area contributed by atoms with Crippen molar-refractivity contribution in [2.45, 2.75) is 26.3 Å². The fraction of sp³-hybridized carbons (Fsp3) is 0.200. The third-order valence-electron chi connectivity index (χ3n) is 4.94. The van der Waals surface area contributed by atoms with Crippen LogP contribution in [0.2, 0.25) is 0 Å². The molecule has 3 rings (SSSR count). The number of nitrogens with one attached hydrogen (secondary N) is 2. The molecule has 3 aromatic rings. The van der Waals surface area contributed by atoms with Gasteiger partial charge >= 0.3 is 0 Å². The molecule has 0 bridgehead atoms. The van der Waals surface area contributed by atoms with Crippen LogP contribution in [0.1, 0.15) is 46.6 Å². The molecule has 0 aliphatic rings. The maximum Gasteiger partial charge on any atom is 0.268 e. The van der Waals surface area contributed by atoms with Gasteiger partial charge in [-0.1, -0.05) is 37.3 Å². The second kappa shape index (κ2) is 10.3. The highest BCUT2D eigenvalue weighted by atomic mass is 16.5. The van der Waals surface area contributed by atoms with Crippen LogP contribution in [-0.4, -0.2) is 18.9 Å².